The third-order valence-electron chi connectivity index (χ3n) is 4.36. The molecule has 0 spiro atoms. The fourth-order valence-corrected chi connectivity index (χ4v) is 3.22. The van der Waals surface area contributed by atoms with Gasteiger partial charge in [0, 0.05) is 26.1 Å². The highest BCUT2D eigenvalue weighted by atomic mass is 16.5. The molecule has 1 saturated carbocycles. The lowest BCUT2D eigenvalue weighted by molar-refractivity contribution is -0.135. The Hall–Kier alpha value is -0.610. The minimum atomic E-state index is 0.271. The van der Waals surface area contributed by atoms with Crippen LogP contribution >= 0.6 is 0 Å². The fraction of sp³-hybridized carbons (Fsp3) is 0.933. The summed E-state index contributed by atoms with van der Waals surface area (Å²) in [7, 11) is 0. The van der Waals surface area contributed by atoms with E-state index in [0.29, 0.717) is 19.6 Å². The van der Waals surface area contributed by atoms with Crippen LogP contribution < -0.4 is 5.32 Å². The number of hydrogen-bond acceptors (Lipinski definition) is 3. The maximum Gasteiger partial charge on any atom is 0.224 e. The van der Waals surface area contributed by atoms with Gasteiger partial charge in [-0.15, -0.1) is 0 Å². The second kappa shape index (κ2) is 7.85. The molecule has 1 amide bonds. The Morgan fingerprint density at radius 2 is 2.11 bits per heavy atom. The predicted octanol–water partition coefficient (Wildman–Crippen LogP) is 1.65. The molecular formula is C15H28N2O2. The number of hydrogen-bond donors (Lipinski definition) is 1. The highest BCUT2D eigenvalue weighted by Crippen LogP contribution is 2.27. The van der Waals surface area contributed by atoms with E-state index in [4.69, 9.17) is 4.74 Å². The van der Waals surface area contributed by atoms with E-state index in [1.54, 1.807) is 0 Å². The molecule has 4 nitrogen and oxygen atoms in total. The summed E-state index contributed by atoms with van der Waals surface area (Å²) in [5, 5.41) is 3.47. The molecule has 1 N–H and O–H groups in total. The minimum absolute atomic E-state index is 0.271. The first-order valence-electron chi connectivity index (χ1n) is 7.82. The maximum absolute atomic E-state index is 11.9. The minimum Gasteiger partial charge on any atom is -0.378 e. The van der Waals surface area contributed by atoms with Crippen molar-refractivity contribution < 1.29 is 9.53 Å². The van der Waals surface area contributed by atoms with Crippen LogP contribution in [0, 0.1) is 11.8 Å². The third kappa shape index (κ3) is 5.11. The fourth-order valence-electron chi connectivity index (χ4n) is 3.22. The molecule has 0 bridgehead atoms. The first-order valence-corrected chi connectivity index (χ1v) is 7.82. The van der Waals surface area contributed by atoms with Crippen LogP contribution in [0.2, 0.25) is 0 Å². The highest BCUT2D eigenvalue weighted by molar-refractivity contribution is 5.76. The van der Waals surface area contributed by atoms with Crippen LogP contribution in [0.25, 0.3) is 0 Å². The van der Waals surface area contributed by atoms with Gasteiger partial charge in [0.1, 0.15) is 0 Å². The molecule has 1 heterocycles. The van der Waals surface area contributed by atoms with Gasteiger partial charge in [-0.3, -0.25) is 4.79 Å². The van der Waals surface area contributed by atoms with E-state index in [-0.39, 0.29) is 5.91 Å². The van der Waals surface area contributed by atoms with Gasteiger partial charge in [0.2, 0.25) is 5.91 Å². The van der Waals surface area contributed by atoms with E-state index in [2.05, 4.69) is 12.2 Å². The van der Waals surface area contributed by atoms with Gasteiger partial charge >= 0.3 is 0 Å². The van der Waals surface area contributed by atoms with Gasteiger partial charge in [0.15, 0.2) is 0 Å². The second-order valence-electron chi connectivity index (χ2n) is 6.09. The molecule has 2 aliphatic rings. The Morgan fingerprint density at radius 1 is 1.32 bits per heavy atom. The molecule has 19 heavy (non-hydrogen) atoms. The van der Waals surface area contributed by atoms with E-state index in [1.165, 1.54) is 25.7 Å². The van der Waals surface area contributed by atoms with Crippen LogP contribution in [-0.4, -0.2) is 50.2 Å². The van der Waals surface area contributed by atoms with E-state index < -0.39 is 0 Å². The maximum atomic E-state index is 11.9. The quantitative estimate of drug-likeness (QED) is 0.771. The van der Waals surface area contributed by atoms with Gasteiger partial charge in [-0.05, 0) is 31.2 Å². The molecule has 4 heteroatoms. The molecule has 0 aromatic carbocycles. The zero-order valence-corrected chi connectivity index (χ0v) is 12.2. The van der Waals surface area contributed by atoms with E-state index in [9.17, 15) is 4.79 Å². The van der Waals surface area contributed by atoms with Crippen molar-refractivity contribution in [1.82, 2.24) is 10.2 Å². The van der Waals surface area contributed by atoms with Crippen molar-refractivity contribution in [2.24, 2.45) is 11.8 Å². The number of carbonyl (C=O) groups excluding carboxylic acids is 1. The van der Waals surface area contributed by atoms with Crippen molar-refractivity contribution in [3.05, 3.63) is 0 Å². The summed E-state index contributed by atoms with van der Waals surface area (Å²) in [4.78, 5) is 13.9. The summed E-state index contributed by atoms with van der Waals surface area (Å²) >= 11 is 0. The van der Waals surface area contributed by atoms with Gasteiger partial charge in [-0.1, -0.05) is 19.8 Å². The van der Waals surface area contributed by atoms with Crippen molar-refractivity contribution in [2.75, 3.05) is 39.4 Å². The van der Waals surface area contributed by atoms with Gasteiger partial charge in [-0.2, -0.15) is 0 Å². The number of amides is 1. The van der Waals surface area contributed by atoms with Gasteiger partial charge < -0.3 is 15.0 Å². The Bertz CT molecular complexity index is 277. The zero-order valence-electron chi connectivity index (χ0n) is 12.2. The van der Waals surface area contributed by atoms with E-state index in [0.717, 1.165) is 38.0 Å². The Kier molecular flexibility index (Phi) is 6.11. The molecule has 110 valence electrons. The number of rotatable bonds is 5. The van der Waals surface area contributed by atoms with E-state index >= 15 is 0 Å². The zero-order chi connectivity index (χ0) is 13.5. The Morgan fingerprint density at radius 3 is 2.84 bits per heavy atom. The van der Waals surface area contributed by atoms with Crippen LogP contribution in [0.4, 0.5) is 0 Å². The normalized spacial score (nSPS) is 28.4. The van der Waals surface area contributed by atoms with E-state index in [1.807, 2.05) is 4.90 Å². The molecule has 2 rings (SSSR count). The Labute approximate surface area is 116 Å². The van der Waals surface area contributed by atoms with Crippen molar-refractivity contribution >= 4 is 5.91 Å². The summed E-state index contributed by atoms with van der Waals surface area (Å²) in [5.74, 6) is 1.98. The molecule has 1 saturated heterocycles. The van der Waals surface area contributed by atoms with Crippen molar-refractivity contribution in [2.45, 2.75) is 39.0 Å². The second-order valence-corrected chi connectivity index (χ2v) is 6.09. The van der Waals surface area contributed by atoms with Crippen LogP contribution in [0.5, 0.6) is 0 Å². The lowest BCUT2D eigenvalue weighted by Gasteiger charge is -2.28. The molecule has 0 aromatic heterocycles. The summed E-state index contributed by atoms with van der Waals surface area (Å²) in [5.41, 5.74) is 0. The highest BCUT2D eigenvalue weighted by Gasteiger charge is 2.19. The number of carbonyl (C=O) groups is 1. The lowest BCUT2D eigenvalue weighted by atomic mass is 9.82. The van der Waals surface area contributed by atoms with Crippen molar-refractivity contribution in [3.63, 3.8) is 0 Å². The SMILES string of the molecule is CC1CCCC(CNCCC(=O)N2CCOCC2)C1. The van der Waals surface area contributed by atoms with Gasteiger partial charge in [-0.25, -0.2) is 0 Å². The standard InChI is InChI=1S/C15H28N2O2/c1-13-3-2-4-14(11-13)12-16-6-5-15(18)17-7-9-19-10-8-17/h13-14,16H,2-12H2,1H3. The van der Waals surface area contributed by atoms with Crippen LogP contribution in [0.1, 0.15) is 39.0 Å². The summed E-state index contributed by atoms with van der Waals surface area (Å²) in [6, 6.07) is 0. The summed E-state index contributed by atoms with van der Waals surface area (Å²) in [6.45, 7) is 7.17. The van der Waals surface area contributed by atoms with Gasteiger partial charge in [0.25, 0.3) is 0 Å². The topological polar surface area (TPSA) is 41.6 Å². The smallest absolute Gasteiger partial charge is 0.224 e. The lowest BCUT2D eigenvalue weighted by Crippen LogP contribution is -2.41. The summed E-state index contributed by atoms with van der Waals surface area (Å²) < 4.78 is 5.26. The predicted molar refractivity (Wildman–Crippen MR) is 76.0 cm³/mol. The largest absolute Gasteiger partial charge is 0.378 e. The van der Waals surface area contributed by atoms with Crippen LogP contribution in [0.15, 0.2) is 0 Å². The molecule has 2 atom stereocenters. The average Bonchev–Trinajstić information content (AvgIpc) is 2.44. The molecule has 1 aliphatic carbocycles. The van der Waals surface area contributed by atoms with Gasteiger partial charge in [0.05, 0.1) is 13.2 Å². The Balaban J connectivity index is 1.54. The van der Waals surface area contributed by atoms with Crippen LogP contribution in [-0.2, 0) is 9.53 Å². The van der Waals surface area contributed by atoms with Crippen molar-refractivity contribution in [3.8, 4) is 0 Å². The molecule has 2 unspecified atom stereocenters. The molecule has 0 radical (unpaired) electrons. The monoisotopic (exact) mass is 268 g/mol. The molecule has 1 aliphatic heterocycles. The number of morpholine rings is 1. The number of nitrogens with one attached hydrogen (secondary N) is 1. The number of nitrogens with zero attached hydrogens (tertiary/aromatic N) is 1. The number of ether oxygens (including phenoxy) is 1. The average molecular weight is 268 g/mol. The molecule has 2 fully saturated rings. The first-order chi connectivity index (χ1) is 9.25. The molecular weight excluding hydrogens is 240 g/mol. The van der Waals surface area contributed by atoms with Crippen LogP contribution in [0.3, 0.4) is 0 Å². The first kappa shape index (κ1) is 14.8. The van der Waals surface area contributed by atoms with Crippen molar-refractivity contribution in [1.29, 1.82) is 0 Å². The molecule has 0 aromatic rings. The third-order valence-corrected chi connectivity index (χ3v) is 4.36. The summed E-state index contributed by atoms with van der Waals surface area (Å²) in [6.07, 6.45) is 6.10.